The minimum absolute atomic E-state index is 0.307. The van der Waals surface area contributed by atoms with E-state index in [1.807, 2.05) is 12.1 Å². The van der Waals surface area contributed by atoms with Crippen molar-refractivity contribution < 1.29 is 19.1 Å². The second kappa shape index (κ2) is 5.81. The first-order chi connectivity index (χ1) is 12.0. The molecule has 0 N–H and O–H groups in total. The number of hydrogen-bond acceptors (Lipinski definition) is 4. The number of rotatable bonds is 1. The number of para-hydroxylation sites is 1. The Morgan fingerprint density at radius 3 is 2.36 bits per heavy atom. The Morgan fingerprint density at radius 1 is 0.960 bits per heavy atom. The minimum Gasteiger partial charge on any atom is -0.426 e. The van der Waals surface area contributed by atoms with Crippen molar-refractivity contribution >= 4 is 39.4 Å². The molecule has 126 valence electrons. The number of hydrogen-bond donors (Lipinski definition) is 0. The number of nitrogens with zero attached hydrogens (tertiary/aromatic N) is 1. The van der Waals surface area contributed by atoms with Gasteiger partial charge in [0.15, 0.2) is 0 Å². The number of fused-ring (bicyclic) bond motifs is 3. The highest BCUT2D eigenvalue weighted by molar-refractivity contribution is 9.10. The fraction of sp³-hybridized carbons (Fsp3) is 0.211. The lowest BCUT2D eigenvalue weighted by molar-refractivity contribution is -0.151. The molecule has 1 fully saturated rings. The number of amides is 2. The quantitative estimate of drug-likeness (QED) is 0.319. The first-order valence-electron chi connectivity index (χ1n) is 7.93. The van der Waals surface area contributed by atoms with E-state index in [0.29, 0.717) is 11.4 Å². The molecule has 2 heterocycles. The summed E-state index contributed by atoms with van der Waals surface area (Å²) in [5.74, 6) is -3.03. The molecule has 0 aromatic heterocycles. The number of esters is 1. The van der Waals surface area contributed by atoms with Crippen LogP contribution in [0.3, 0.4) is 0 Å². The number of piperidine rings is 1. The van der Waals surface area contributed by atoms with E-state index in [9.17, 15) is 14.4 Å². The van der Waals surface area contributed by atoms with Gasteiger partial charge in [0.1, 0.15) is 11.7 Å². The lowest BCUT2D eigenvalue weighted by atomic mass is 9.72. The average Bonchev–Trinajstić information content (AvgIpc) is 2.60. The van der Waals surface area contributed by atoms with Crippen LogP contribution in [0.5, 0.6) is 5.75 Å². The molecule has 0 spiro atoms. The van der Waals surface area contributed by atoms with Gasteiger partial charge >= 0.3 is 5.97 Å². The van der Waals surface area contributed by atoms with E-state index >= 15 is 0 Å². The molecular formula is C19H14BrNO4. The fourth-order valence-corrected chi connectivity index (χ4v) is 3.87. The topological polar surface area (TPSA) is 63.7 Å². The van der Waals surface area contributed by atoms with Crippen LogP contribution in [-0.2, 0) is 14.4 Å². The lowest BCUT2D eigenvalue weighted by Gasteiger charge is -2.41. The van der Waals surface area contributed by atoms with E-state index in [1.165, 1.54) is 0 Å². The Labute approximate surface area is 152 Å². The summed E-state index contributed by atoms with van der Waals surface area (Å²) in [5, 5.41) is 0. The van der Waals surface area contributed by atoms with Crippen LogP contribution in [0.15, 0.2) is 53.0 Å². The summed E-state index contributed by atoms with van der Waals surface area (Å²) in [6.45, 7) is 1.76. The van der Waals surface area contributed by atoms with Gasteiger partial charge in [-0.25, -0.2) is 4.90 Å². The van der Waals surface area contributed by atoms with E-state index in [4.69, 9.17) is 4.74 Å². The van der Waals surface area contributed by atoms with Gasteiger partial charge in [0.2, 0.25) is 11.8 Å². The number of benzene rings is 2. The standard InChI is InChI=1S/C19H14BrNO4/c1-10-15-13-4-2-3-5-14(13)25-19(24)16(15)18(23)21(17(10)22)12-8-6-11(20)7-9-12/h2-10,15-16H,1H3/t10-,15-,16-/m1/s1. The van der Waals surface area contributed by atoms with Crippen molar-refractivity contribution in [3.8, 4) is 5.75 Å². The molecule has 5 nitrogen and oxygen atoms in total. The van der Waals surface area contributed by atoms with E-state index in [2.05, 4.69) is 15.9 Å². The summed E-state index contributed by atoms with van der Waals surface area (Å²) in [6, 6.07) is 13.9. The van der Waals surface area contributed by atoms with Crippen LogP contribution in [0.4, 0.5) is 5.69 Å². The summed E-state index contributed by atoms with van der Waals surface area (Å²) in [7, 11) is 0. The third kappa shape index (κ3) is 2.40. The number of anilines is 1. The molecule has 2 aromatic carbocycles. The van der Waals surface area contributed by atoms with Crippen molar-refractivity contribution in [3.05, 3.63) is 58.6 Å². The SMILES string of the molecule is C[C@H]1C(=O)N(c2ccc(Br)cc2)C(=O)[C@@H]2C(=O)Oc3ccccc3[C@H]21. The van der Waals surface area contributed by atoms with Crippen molar-refractivity contribution in [3.63, 3.8) is 0 Å². The van der Waals surface area contributed by atoms with Gasteiger partial charge in [0.25, 0.3) is 0 Å². The van der Waals surface area contributed by atoms with E-state index < -0.39 is 29.6 Å². The fourth-order valence-electron chi connectivity index (χ4n) is 3.61. The zero-order valence-corrected chi connectivity index (χ0v) is 14.9. The third-order valence-electron chi connectivity index (χ3n) is 4.82. The predicted octanol–water partition coefficient (Wildman–Crippen LogP) is 3.28. The molecule has 0 unspecified atom stereocenters. The number of carbonyl (C=O) groups excluding carboxylic acids is 3. The zero-order chi connectivity index (χ0) is 17.7. The molecule has 2 aliphatic heterocycles. The van der Waals surface area contributed by atoms with Gasteiger partial charge in [-0.2, -0.15) is 0 Å². The molecular weight excluding hydrogens is 386 g/mol. The minimum atomic E-state index is -1.01. The van der Waals surface area contributed by atoms with Gasteiger partial charge in [0.05, 0.1) is 5.69 Å². The highest BCUT2D eigenvalue weighted by Crippen LogP contribution is 2.46. The Kier molecular flexibility index (Phi) is 3.72. The maximum absolute atomic E-state index is 13.0. The summed E-state index contributed by atoms with van der Waals surface area (Å²) < 4.78 is 6.19. The molecule has 1 saturated heterocycles. The summed E-state index contributed by atoms with van der Waals surface area (Å²) in [5.41, 5.74) is 1.19. The molecule has 0 bridgehead atoms. The highest BCUT2D eigenvalue weighted by atomic mass is 79.9. The van der Waals surface area contributed by atoms with Gasteiger partial charge in [-0.1, -0.05) is 41.1 Å². The van der Waals surface area contributed by atoms with Gasteiger partial charge in [-0.15, -0.1) is 0 Å². The van der Waals surface area contributed by atoms with E-state index in [-0.39, 0.29) is 5.91 Å². The summed E-state index contributed by atoms with van der Waals surface area (Å²) in [6.07, 6.45) is 0. The van der Waals surface area contributed by atoms with Gasteiger partial charge in [-0.3, -0.25) is 14.4 Å². The zero-order valence-electron chi connectivity index (χ0n) is 13.3. The van der Waals surface area contributed by atoms with Gasteiger partial charge in [-0.05, 0) is 30.3 Å². The largest absolute Gasteiger partial charge is 0.426 e. The average molecular weight is 400 g/mol. The van der Waals surface area contributed by atoms with Gasteiger partial charge in [0, 0.05) is 21.9 Å². The van der Waals surface area contributed by atoms with Crippen LogP contribution >= 0.6 is 15.9 Å². The van der Waals surface area contributed by atoms with Crippen molar-refractivity contribution in [1.82, 2.24) is 0 Å². The Morgan fingerprint density at radius 2 is 1.64 bits per heavy atom. The number of ether oxygens (including phenoxy) is 1. The van der Waals surface area contributed by atoms with Crippen molar-refractivity contribution in [1.29, 1.82) is 0 Å². The highest BCUT2D eigenvalue weighted by Gasteiger charge is 2.54. The lowest BCUT2D eigenvalue weighted by Crippen LogP contribution is -2.57. The van der Waals surface area contributed by atoms with Crippen LogP contribution in [0, 0.1) is 11.8 Å². The summed E-state index contributed by atoms with van der Waals surface area (Å²) >= 11 is 3.33. The Bertz CT molecular complexity index is 893. The first kappa shape index (κ1) is 16.0. The monoisotopic (exact) mass is 399 g/mol. The van der Waals surface area contributed by atoms with Crippen LogP contribution < -0.4 is 9.64 Å². The van der Waals surface area contributed by atoms with Gasteiger partial charge < -0.3 is 4.74 Å². The first-order valence-corrected chi connectivity index (χ1v) is 8.72. The molecule has 2 aromatic rings. The van der Waals surface area contributed by atoms with Crippen molar-refractivity contribution in [2.45, 2.75) is 12.8 Å². The molecule has 2 amide bonds. The number of halogens is 1. The number of imide groups is 1. The molecule has 0 aliphatic carbocycles. The molecule has 3 atom stereocenters. The maximum Gasteiger partial charge on any atom is 0.324 e. The van der Waals surface area contributed by atoms with Crippen LogP contribution in [0.1, 0.15) is 18.4 Å². The second-order valence-corrected chi connectivity index (χ2v) is 7.16. The molecule has 0 radical (unpaired) electrons. The van der Waals surface area contributed by atoms with Crippen LogP contribution in [0.25, 0.3) is 0 Å². The Balaban J connectivity index is 1.81. The smallest absolute Gasteiger partial charge is 0.324 e. The molecule has 6 heteroatoms. The molecule has 0 saturated carbocycles. The predicted molar refractivity (Wildman–Crippen MR) is 94.1 cm³/mol. The van der Waals surface area contributed by atoms with E-state index in [1.54, 1.807) is 43.3 Å². The normalized spacial score (nSPS) is 25.3. The Hall–Kier alpha value is -2.47. The van der Waals surface area contributed by atoms with Crippen LogP contribution in [0.2, 0.25) is 0 Å². The summed E-state index contributed by atoms with van der Waals surface area (Å²) in [4.78, 5) is 39.5. The molecule has 2 aliphatic rings. The number of carbonyl (C=O) groups is 3. The van der Waals surface area contributed by atoms with Crippen LogP contribution in [-0.4, -0.2) is 17.8 Å². The van der Waals surface area contributed by atoms with E-state index in [0.717, 1.165) is 14.9 Å². The maximum atomic E-state index is 13.0. The van der Waals surface area contributed by atoms with Crippen molar-refractivity contribution in [2.24, 2.45) is 11.8 Å². The second-order valence-electron chi connectivity index (χ2n) is 6.24. The molecule has 25 heavy (non-hydrogen) atoms. The third-order valence-corrected chi connectivity index (χ3v) is 5.35. The van der Waals surface area contributed by atoms with Crippen molar-refractivity contribution in [2.75, 3.05) is 4.90 Å². The molecule has 4 rings (SSSR count).